The van der Waals surface area contributed by atoms with Crippen LogP contribution in [0.1, 0.15) is 26.7 Å². The molecule has 0 radical (unpaired) electrons. The quantitative estimate of drug-likeness (QED) is 0.504. The van der Waals surface area contributed by atoms with Gasteiger partial charge in [0.15, 0.2) is 5.78 Å². The molecule has 0 aromatic rings. The molecule has 0 aromatic carbocycles. The van der Waals surface area contributed by atoms with Crippen LogP contribution in [0, 0.1) is 5.41 Å². The Labute approximate surface area is 60.6 Å². The van der Waals surface area contributed by atoms with Crippen molar-refractivity contribution in [3.05, 3.63) is 0 Å². The van der Waals surface area contributed by atoms with Gasteiger partial charge in [0, 0.05) is 11.8 Å². The van der Waals surface area contributed by atoms with Gasteiger partial charge in [0.2, 0.25) is 0 Å². The molecule has 0 amide bonds. The van der Waals surface area contributed by atoms with Gasteiger partial charge in [-0.25, -0.2) is 0 Å². The molecule has 2 heteroatoms. The second kappa shape index (κ2) is 1.62. The van der Waals surface area contributed by atoms with Gasteiger partial charge in [-0.2, -0.15) is 0 Å². The van der Waals surface area contributed by atoms with Crippen LogP contribution in [0.3, 0.4) is 0 Å². The third-order valence-electron chi connectivity index (χ3n) is 2.63. The Hall–Kier alpha value is -0.370. The standard InChI is InChI=1S/C8H12O2/c1-5-3-8(2)4-6(9)7(8)10-5/h5,7H,3-4H2,1-2H3/t5?,7-,8+/m1/s1. The van der Waals surface area contributed by atoms with E-state index in [4.69, 9.17) is 4.74 Å². The van der Waals surface area contributed by atoms with Crippen LogP contribution in [-0.2, 0) is 9.53 Å². The molecule has 2 rings (SSSR count). The molecule has 0 bridgehead atoms. The van der Waals surface area contributed by atoms with Gasteiger partial charge >= 0.3 is 0 Å². The fraction of sp³-hybridized carbons (Fsp3) is 0.875. The van der Waals surface area contributed by atoms with Gasteiger partial charge < -0.3 is 4.74 Å². The summed E-state index contributed by atoms with van der Waals surface area (Å²) in [5.74, 6) is 0.298. The van der Waals surface area contributed by atoms with Gasteiger partial charge in [-0.05, 0) is 13.3 Å². The summed E-state index contributed by atoms with van der Waals surface area (Å²) in [6, 6.07) is 0. The molecule has 1 aliphatic heterocycles. The van der Waals surface area contributed by atoms with E-state index in [1.54, 1.807) is 0 Å². The first-order valence-electron chi connectivity index (χ1n) is 3.80. The smallest absolute Gasteiger partial charge is 0.162 e. The lowest BCUT2D eigenvalue weighted by atomic mass is 9.66. The molecule has 56 valence electrons. The van der Waals surface area contributed by atoms with Crippen molar-refractivity contribution in [2.75, 3.05) is 0 Å². The summed E-state index contributed by atoms with van der Waals surface area (Å²) in [5, 5.41) is 0. The van der Waals surface area contributed by atoms with Crippen LogP contribution in [0.15, 0.2) is 0 Å². The Kier molecular flexibility index (Phi) is 1.03. The Balaban J connectivity index is 2.19. The lowest BCUT2D eigenvalue weighted by molar-refractivity contribution is -0.148. The number of fused-ring (bicyclic) bond motifs is 1. The van der Waals surface area contributed by atoms with Crippen molar-refractivity contribution in [2.45, 2.75) is 38.9 Å². The maximum Gasteiger partial charge on any atom is 0.162 e. The molecule has 2 aliphatic rings. The number of carbonyl (C=O) groups excluding carboxylic acids is 1. The van der Waals surface area contributed by atoms with E-state index in [1.165, 1.54) is 0 Å². The molecule has 1 heterocycles. The molecule has 10 heavy (non-hydrogen) atoms. The van der Waals surface area contributed by atoms with E-state index in [-0.39, 0.29) is 11.5 Å². The highest BCUT2D eigenvalue weighted by Crippen LogP contribution is 2.49. The van der Waals surface area contributed by atoms with Crippen molar-refractivity contribution >= 4 is 5.78 Å². The molecular weight excluding hydrogens is 128 g/mol. The minimum absolute atomic E-state index is 0.0532. The number of carbonyl (C=O) groups is 1. The number of Topliss-reactive ketones (excluding diaryl/α,β-unsaturated/α-hetero) is 1. The highest BCUT2D eigenvalue weighted by atomic mass is 16.5. The van der Waals surface area contributed by atoms with E-state index in [0.29, 0.717) is 11.9 Å². The van der Waals surface area contributed by atoms with Crippen LogP contribution in [-0.4, -0.2) is 18.0 Å². The van der Waals surface area contributed by atoms with Crippen LogP contribution in [0.4, 0.5) is 0 Å². The molecule has 0 N–H and O–H groups in total. The summed E-state index contributed by atoms with van der Waals surface area (Å²) >= 11 is 0. The van der Waals surface area contributed by atoms with Crippen molar-refractivity contribution in [1.29, 1.82) is 0 Å². The molecule has 1 saturated heterocycles. The van der Waals surface area contributed by atoms with Gasteiger partial charge in [0.25, 0.3) is 0 Å². The van der Waals surface area contributed by atoms with Gasteiger partial charge in [-0.15, -0.1) is 0 Å². The molecule has 1 saturated carbocycles. The third kappa shape index (κ3) is 0.601. The zero-order chi connectivity index (χ0) is 7.35. The third-order valence-corrected chi connectivity index (χ3v) is 2.63. The van der Waals surface area contributed by atoms with Gasteiger partial charge in [-0.1, -0.05) is 6.92 Å². The number of ketones is 1. The molecule has 1 unspecified atom stereocenters. The molecule has 2 fully saturated rings. The first-order valence-corrected chi connectivity index (χ1v) is 3.80. The monoisotopic (exact) mass is 140 g/mol. The van der Waals surface area contributed by atoms with E-state index in [0.717, 1.165) is 12.8 Å². The molecule has 1 aliphatic carbocycles. The van der Waals surface area contributed by atoms with Crippen molar-refractivity contribution in [2.24, 2.45) is 5.41 Å². The van der Waals surface area contributed by atoms with Crippen molar-refractivity contribution in [1.82, 2.24) is 0 Å². The normalized spacial score (nSPS) is 52.4. The minimum atomic E-state index is -0.0532. The van der Waals surface area contributed by atoms with Gasteiger partial charge in [0.1, 0.15) is 6.10 Å². The van der Waals surface area contributed by atoms with Gasteiger partial charge in [-0.3, -0.25) is 4.79 Å². The fourth-order valence-electron chi connectivity index (χ4n) is 2.20. The highest BCUT2D eigenvalue weighted by Gasteiger charge is 2.56. The first-order chi connectivity index (χ1) is 4.62. The predicted octanol–water partition coefficient (Wildman–Crippen LogP) is 1.14. The van der Waals surface area contributed by atoms with E-state index in [1.807, 2.05) is 6.92 Å². The van der Waals surface area contributed by atoms with Crippen LogP contribution in [0.2, 0.25) is 0 Å². The number of ether oxygens (including phenoxy) is 1. The summed E-state index contributed by atoms with van der Waals surface area (Å²) < 4.78 is 5.43. The SMILES string of the molecule is CC1C[C@@]2(C)CC(=O)[C@H]2O1. The zero-order valence-corrected chi connectivity index (χ0v) is 6.39. The number of hydrogen-bond acceptors (Lipinski definition) is 2. The largest absolute Gasteiger partial charge is 0.367 e. The lowest BCUT2D eigenvalue weighted by Crippen LogP contribution is -2.48. The molecule has 2 nitrogen and oxygen atoms in total. The summed E-state index contributed by atoms with van der Waals surface area (Å²) in [6.07, 6.45) is 2.04. The Morgan fingerprint density at radius 1 is 1.70 bits per heavy atom. The zero-order valence-electron chi connectivity index (χ0n) is 6.39. The summed E-state index contributed by atoms with van der Waals surface area (Å²) in [4.78, 5) is 10.9. The summed E-state index contributed by atoms with van der Waals surface area (Å²) in [6.45, 7) is 4.18. The average molecular weight is 140 g/mol. The molecule has 0 aromatic heterocycles. The molecule has 0 spiro atoms. The van der Waals surface area contributed by atoms with Crippen molar-refractivity contribution in [3.8, 4) is 0 Å². The topological polar surface area (TPSA) is 26.3 Å². The van der Waals surface area contributed by atoms with E-state index < -0.39 is 0 Å². The van der Waals surface area contributed by atoms with Crippen LogP contribution < -0.4 is 0 Å². The maximum absolute atomic E-state index is 10.9. The summed E-state index contributed by atoms with van der Waals surface area (Å²) in [7, 11) is 0. The minimum Gasteiger partial charge on any atom is -0.367 e. The average Bonchev–Trinajstić information content (AvgIpc) is 2.03. The van der Waals surface area contributed by atoms with Crippen LogP contribution in [0.25, 0.3) is 0 Å². The highest BCUT2D eigenvalue weighted by molar-refractivity contribution is 5.91. The van der Waals surface area contributed by atoms with Crippen LogP contribution >= 0.6 is 0 Å². The second-order valence-corrected chi connectivity index (χ2v) is 3.83. The Bertz CT molecular complexity index is 188. The number of hydrogen-bond donors (Lipinski definition) is 0. The van der Waals surface area contributed by atoms with Crippen molar-refractivity contribution in [3.63, 3.8) is 0 Å². The first kappa shape index (κ1) is 6.35. The predicted molar refractivity (Wildman–Crippen MR) is 36.7 cm³/mol. The second-order valence-electron chi connectivity index (χ2n) is 3.83. The van der Waals surface area contributed by atoms with E-state index >= 15 is 0 Å². The Morgan fingerprint density at radius 3 is 2.80 bits per heavy atom. The summed E-state index contributed by atoms with van der Waals surface area (Å²) in [5.41, 5.74) is 0.205. The van der Waals surface area contributed by atoms with Gasteiger partial charge in [0.05, 0.1) is 6.10 Å². The molecular formula is C8H12O2. The fourth-order valence-corrected chi connectivity index (χ4v) is 2.20. The van der Waals surface area contributed by atoms with Crippen molar-refractivity contribution < 1.29 is 9.53 Å². The Morgan fingerprint density at radius 2 is 2.40 bits per heavy atom. The number of rotatable bonds is 0. The van der Waals surface area contributed by atoms with E-state index in [9.17, 15) is 4.79 Å². The molecule has 3 atom stereocenters. The maximum atomic E-state index is 10.9. The van der Waals surface area contributed by atoms with E-state index in [2.05, 4.69) is 6.92 Å². The van der Waals surface area contributed by atoms with Crippen LogP contribution in [0.5, 0.6) is 0 Å². The lowest BCUT2D eigenvalue weighted by Gasteiger charge is -2.37.